The van der Waals surface area contributed by atoms with E-state index in [4.69, 9.17) is 0 Å². The molecule has 2 aliphatic rings. The number of carbonyl (C=O) groups is 1. The summed E-state index contributed by atoms with van der Waals surface area (Å²) in [6.07, 6.45) is 0. The molecular weight excluding hydrogens is 522 g/mol. The van der Waals surface area contributed by atoms with Gasteiger partial charge in [-0.05, 0) is 37.3 Å². The minimum absolute atomic E-state index is 0.145. The number of aromatic nitrogens is 1. The number of nitro benzene ring substituents is 1. The van der Waals surface area contributed by atoms with Gasteiger partial charge >= 0.3 is 0 Å². The minimum Gasteiger partial charge on any atom is -0.337 e. The van der Waals surface area contributed by atoms with Crippen molar-refractivity contribution in [1.82, 2.24) is 4.57 Å². The third-order valence-electron chi connectivity index (χ3n) is 6.26. The van der Waals surface area contributed by atoms with Crippen LogP contribution < -0.4 is 24.7 Å². The Morgan fingerprint density at radius 2 is 1.63 bits per heavy atom. The Bertz CT molecular complexity index is 1860. The van der Waals surface area contributed by atoms with Crippen LogP contribution in [0.25, 0.3) is 16.3 Å². The number of nitrogens with zero attached hydrogens (tertiary/aromatic N) is 5. The van der Waals surface area contributed by atoms with Crippen molar-refractivity contribution in [2.45, 2.75) is 11.8 Å². The monoisotopic (exact) mass is 541 g/mol. The Labute approximate surface area is 224 Å². The molecule has 0 radical (unpaired) electrons. The van der Waals surface area contributed by atoms with E-state index < -0.39 is 10.8 Å². The van der Waals surface area contributed by atoms with Gasteiger partial charge < -0.3 is 4.90 Å². The first kappa shape index (κ1) is 23.9. The number of non-ortho nitro benzene ring substituents is 1. The molecule has 1 aromatic heterocycles. The molecule has 6 rings (SSSR count). The van der Waals surface area contributed by atoms with Crippen molar-refractivity contribution in [2.24, 2.45) is 5.10 Å². The van der Waals surface area contributed by atoms with Crippen molar-refractivity contribution in [3.8, 4) is 5.69 Å². The summed E-state index contributed by atoms with van der Waals surface area (Å²) in [7, 11) is 1.92. The number of hydrazone groups is 1. The summed E-state index contributed by atoms with van der Waals surface area (Å²) >= 11 is 2.76. The topological polar surface area (TPSA) is 101 Å². The normalized spacial score (nSPS) is 17.6. The summed E-state index contributed by atoms with van der Waals surface area (Å²) in [5, 5.41) is 17.7. The van der Waals surface area contributed by atoms with Gasteiger partial charge in [0.1, 0.15) is 14.2 Å². The number of thiazole rings is 1. The fraction of sp³-hybridized carbons (Fsp3) is 0.0741. The molecular formula is C27H19N5O4S2. The van der Waals surface area contributed by atoms with Gasteiger partial charge in [-0.15, -0.1) is 11.3 Å². The molecule has 3 aromatic carbocycles. The predicted octanol–water partition coefficient (Wildman–Crippen LogP) is 3.69. The first-order valence-corrected chi connectivity index (χ1v) is 13.2. The fourth-order valence-electron chi connectivity index (χ4n) is 4.46. The number of hydrogen-bond donors (Lipinski definition) is 0. The Morgan fingerprint density at radius 3 is 2.37 bits per heavy atom. The number of carbonyl (C=O) groups excluding carboxylic acids is 1. The summed E-state index contributed by atoms with van der Waals surface area (Å²) in [6.45, 7) is 1.70. The summed E-state index contributed by atoms with van der Waals surface area (Å²) in [4.78, 5) is 41.5. The lowest BCUT2D eigenvalue weighted by Gasteiger charge is -2.11. The van der Waals surface area contributed by atoms with E-state index >= 15 is 0 Å². The van der Waals surface area contributed by atoms with Crippen molar-refractivity contribution >= 4 is 62.4 Å². The van der Waals surface area contributed by atoms with Gasteiger partial charge in [-0.3, -0.25) is 24.3 Å². The van der Waals surface area contributed by atoms with E-state index in [2.05, 4.69) is 5.10 Å². The van der Waals surface area contributed by atoms with Crippen molar-refractivity contribution in [3.63, 3.8) is 0 Å². The zero-order valence-corrected chi connectivity index (χ0v) is 21.8. The zero-order chi connectivity index (χ0) is 26.6. The average Bonchev–Trinajstić information content (AvgIpc) is 3.54. The summed E-state index contributed by atoms with van der Waals surface area (Å²) in [5.74, 6) is -0.457. The number of fused-ring (bicyclic) bond motifs is 1. The van der Waals surface area contributed by atoms with E-state index in [-0.39, 0.29) is 22.5 Å². The van der Waals surface area contributed by atoms with Gasteiger partial charge in [0.05, 0.1) is 33.3 Å². The SMILES string of the molecule is CC1=NN(c2cccc([N+](=O)[O-])c2)C(=O)/C1=c1/s/c(=C2\Sc3ccccc3N2C)c(=O)n1-c1ccccc1. The van der Waals surface area contributed by atoms with Crippen molar-refractivity contribution in [3.05, 3.63) is 109 Å². The van der Waals surface area contributed by atoms with Crippen LogP contribution in [0.15, 0.2) is 93.7 Å². The van der Waals surface area contributed by atoms with Crippen LogP contribution in [-0.4, -0.2) is 28.2 Å². The number of benzene rings is 3. The molecule has 4 aromatic rings. The van der Waals surface area contributed by atoms with E-state index in [0.29, 0.717) is 20.6 Å². The smallest absolute Gasteiger partial charge is 0.283 e. The number of amides is 1. The van der Waals surface area contributed by atoms with Gasteiger partial charge in [-0.1, -0.05) is 48.2 Å². The molecule has 0 aliphatic carbocycles. The van der Waals surface area contributed by atoms with Gasteiger partial charge in [0.2, 0.25) is 0 Å². The maximum Gasteiger partial charge on any atom is 0.283 e. The second kappa shape index (κ2) is 9.12. The molecule has 188 valence electrons. The molecule has 0 N–H and O–H groups in total. The van der Waals surface area contributed by atoms with Crippen LogP contribution in [-0.2, 0) is 4.79 Å². The van der Waals surface area contributed by atoms with E-state index in [1.54, 1.807) is 17.6 Å². The first-order valence-electron chi connectivity index (χ1n) is 11.6. The van der Waals surface area contributed by atoms with Gasteiger partial charge in [-0.2, -0.15) is 10.1 Å². The molecule has 0 saturated carbocycles. The number of hydrogen-bond acceptors (Lipinski definition) is 8. The first-order chi connectivity index (χ1) is 18.3. The zero-order valence-electron chi connectivity index (χ0n) is 20.2. The molecule has 9 nitrogen and oxygen atoms in total. The highest BCUT2D eigenvalue weighted by Crippen LogP contribution is 2.45. The fourth-order valence-corrected chi connectivity index (χ4v) is 7.00. The molecule has 0 atom stereocenters. The standard InChI is InChI=1S/C27H19N5O4S2/c1-16-22(24(33)31(28-16)18-11-8-12-19(15-18)32(35)36)26-30(17-9-4-3-5-10-17)25(34)23(38-26)27-29(2)20-13-6-7-14-21(20)37-27/h3-15H,1-2H3/b26-22+,27-23-. The van der Waals surface area contributed by atoms with Crippen molar-refractivity contribution < 1.29 is 9.72 Å². The van der Waals surface area contributed by atoms with Crippen LogP contribution in [0.4, 0.5) is 17.1 Å². The maximum absolute atomic E-state index is 14.0. The third kappa shape index (κ3) is 3.75. The summed E-state index contributed by atoms with van der Waals surface area (Å²) < 4.78 is 2.51. The number of para-hydroxylation sites is 2. The lowest BCUT2D eigenvalue weighted by molar-refractivity contribution is -0.384. The van der Waals surface area contributed by atoms with E-state index in [1.807, 2.05) is 66.5 Å². The molecule has 0 fully saturated rings. The van der Waals surface area contributed by atoms with Crippen molar-refractivity contribution in [1.29, 1.82) is 0 Å². The largest absolute Gasteiger partial charge is 0.337 e. The van der Waals surface area contributed by atoms with E-state index in [1.165, 1.54) is 41.3 Å². The van der Waals surface area contributed by atoms with Gasteiger partial charge in [0.25, 0.3) is 17.2 Å². The number of rotatable bonds is 3. The molecule has 0 unspecified atom stereocenters. The number of nitro groups is 1. The second-order valence-electron chi connectivity index (χ2n) is 8.60. The van der Waals surface area contributed by atoms with Gasteiger partial charge in [-0.25, -0.2) is 0 Å². The minimum atomic E-state index is -0.519. The highest BCUT2D eigenvalue weighted by atomic mass is 32.2. The van der Waals surface area contributed by atoms with Crippen LogP contribution in [0.1, 0.15) is 6.92 Å². The predicted molar refractivity (Wildman–Crippen MR) is 150 cm³/mol. The molecule has 0 bridgehead atoms. The van der Waals surface area contributed by atoms with Crippen molar-refractivity contribution in [2.75, 3.05) is 17.0 Å². The van der Waals surface area contributed by atoms with E-state index in [9.17, 15) is 19.7 Å². The average molecular weight is 542 g/mol. The molecule has 1 amide bonds. The highest BCUT2D eigenvalue weighted by Gasteiger charge is 2.33. The third-order valence-corrected chi connectivity index (χ3v) is 8.78. The van der Waals surface area contributed by atoms with Crippen LogP contribution in [0.3, 0.4) is 0 Å². The molecule has 2 aliphatic heterocycles. The lowest BCUT2D eigenvalue weighted by Crippen LogP contribution is -2.34. The Morgan fingerprint density at radius 1 is 0.921 bits per heavy atom. The quantitative estimate of drug-likeness (QED) is 0.290. The Hall–Kier alpha value is -4.48. The highest BCUT2D eigenvalue weighted by molar-refractivity contribution is 8.08. The maximum atomic E-state index is 14.0. The van der Waals surface area contributed by atoms with Crippen LogP contribution in [0, 0.1) is 10.1 Å². The summed E-state index contributed by atoms with van der Waals surface area (Å²) in [6, 6.07) is 22.8. The Balaban J connectivity index is 1.61. The lowest BCUT2D eigenvalue weighted by atomic mass is 10.2. The Kier molecular flexibility index (Phi) is 5.73. The number of thioether (sulfide) groups is 1. The van der Waals surface area contributed by atoms with Crippen LogP contribution in [0.2, 0.25) is 0 Å². The van der Waals surface area contributed by atoms with Gasteiger partial charge in [0.15, 0.2) is 0 Å². The number of anilines is 2. The molecule has 11 heteroatoms. The second-order valence-corrected chi connectivity index (χ2v) is 10.6. The molecule has 0 saturated heterocycles. The van der Waals surface area contributed by atoms with Crippen LogP contribution in [0.5, 0.6) is 0 Å². The van der Waals surface area contributed by atoms with Crippen LogP contribution >= 0.6 is 23.1 Å². The molecule has 0 spiro atoms. The molecule has 3 heterocycles. The van der Waals surface area contributed by atoms with E-state index in [0.717, 1.165) is 20.6 Å². The van der Waals surface area contributed by atoms with Gasteiger partial charge in [0, 0.05) is 24.1 Å². The molecule has 38 heavy (non-hydrogen) atoms. The summed E-state index contributed by atoms with van der Waals surface area (Å²) in [5.41, 5.74) is 2.22.